The maximum absolute atomic E-state index is 11.7. The lowest BCUT2D eigenvalue weighted by Crippen LogP contribution is -2.47. The van der Waals surface area contributed by atoms with E-state index in [1.165, 1.54) is 6.07 Å². The first-order chi connectivity index (χ1) is 9.47. The number of amides is 1. The van der Waals surface area contributed by atoms with Gasteiger partial charge in [-0.1, -0.05) is 0 Å². The molecular weight excluding hydrogens is 256 g/mol. The second-order valence-electron chi connectivity index (χ2n) is 5.51. The molecule has 20 heavy (non-hydrogen) atoms. The van der Waals surface area contributed by atoms with E-state index >= 15 is 0 Å². The molecule has 1 saturated heterocycles. The molecule has 6 heteroatoms. The van der Waals surface area contributed by atoms with Crippen LogP contribution in [0.5, 0.6) is 0 Å². The molecule has 1 amide bonds. The van der Waals surface area contributed by atoms with Gasteiger partial charge in [-0.3, -0.25) is 14.5 Å². The number of carbonyl (C=O) groups excluding carboxylic acids is 1. The third kappa shape index (κ3) is 3.39. The third-order valence-electron chi connectivity index (χ3n) is 4.05. The highest BCUT2D eigenvalue weighted by molar-refractivity contribution is 5.76. The topological polar surface area (TPSA) is 94.3 Å². The fraction of sp³-hybridized carbons (Fsp3) is 0.571. The van der Waals surface area contributed by atoms with E-state index in [2.05, 4.69) is 11.8 Å². The Morgan fingerprint density at radius 1 is 1.35 bits per heavy atom. The van der Waals surface area contributed by atoms with Gasteiger partial charge in [-0.2, -0.15) is 0 Å². The Kier molecular flexibility index (Phi) is 4.44. The van der Waals surface area contributed by atoms with Gasteiger partial charge in [-0.15, -0.1) is 0 Å². The van der Waals surface area contributed by atoms with Crippen LogP contribution >= 0.6 is 0 Å². The van der Waals surface area contributed by atoms with E-state index < -0.39 is 0 Å². The van der Waals surface area contributed by atoms with Crippen molar-refractivity contribution in [1.82, 2.24) is 9.47 Å². The minimum atomic E-state index is -0.233. The van der Waals surface area contributed by atoms with Gasteiger partial charge >= 0.3 is 0 Å². The fourth-order valence-electron chi connectivity index (χ4n) is 2.68. The van der Waals surface area contributed by atoms with Crippen LogP contribution in [0, 0.1) is 5.92 Å². The lowest BCUT2D eigenvalue weighted by atomic mass is 9.93. The van der Waals surface area contributed by atoms with E-state index in [9.17, 15) is 9.59 Å². The number of piperidine rings is 1. The molecule has 0 aliphatic carbocycles. The van der Waals surface area contributed by atoms with Crippen molar-refractivity contribution in [2.75, 3.05) is 18.8 Å². The Morgan fingerprint density at radius 3 is 2.80 bits per heavy atom. The molecule has 110 valence electrons. The predicted octanol–water partition coefficient (Wildman–Crippen LogP) is 0.0163. The van der Waals surface area contributed by atoms with Crippen LogP contribution in [0.15, 0.2) is 23.1 Å². The summed E-state index contributed by atoms with van der Waals surface area (Å²) < 4.78 is 1.61. The molecule has 1 aliphatic heterocycles. The van der Waals surface area contributed by atoms with Gasteiger partial charge in [0.05, 0.1) is 5.92 Å². The molecule has 4 N–H and O–H groups in total. The molecule has 0 spiro atoms. The molecular formula is C14H22N4O2. The second-order valence-corrected chi connectivity index (χ2v) is 5.51. The minimum absolute atomic E-state index is 0.0599. The van der Waals surface area contributed by atoms with Gasteiger partial charge in [0.1, 0.15) is 0 Å². The van der Waals surface area contributed by atoms with E-state index in [-0.39, 0.29) is 17.4 Å². The zero-order valence-corrected chi connectivity index (χ0v) is 11.8. The fourth-order valence-corrected chi connectivity index (χ4v) is 2.68. The number of nitrogen functional groups attached to an aromatic ring is 1. The number of nitrogens with two attached hydrogens (primary N) is 2. The summed E-state index contributed by atoms with van der Waals surface area (Å²) >= 11 is 0. The van der Waals surface area contributed by atoms with Gasteiger partial charge in [-0.05, 0) is 25.8 Å². The first kappa shape index (κ1) is 14.6. The Bertz CT molecular complexity index is 540. The summed E-state index contributed by atoms with van der Waals surface area (Å²) in [5.41, 5.74) is 11.6. The summed E-state index contributed by atoms with van der Waals surface area (Å²) in [6.07, 6.45) is 3.47. The molecule has 2 rings (SSSR count). The van der Waals surface area contributed by atoms with Crippen molar-refractivity contribution in [2.45, 2.75) is 32.4 Å². The van der Waals surface area contributed by atoms with Crippen LogP contribution in [-0.2, 0) is 11.3 Å². The number of rotatable bonds is 4. The number of carbonyl (C=O) groups is 1. The van der Waals surface area contributed by atoms with Gasteiger partial charge < -0.3 is 16.0 Å². The Hall–Kier alpha value is -1.82. The van der Waals surface area contributed by atoms with Gasteiger partial charge in [0.15, 0.2) is 0 Å². The van der Waals surface area contributed by atoms with Crippen LogP contribution in [0.2, 0.25) is 0 Å². The molecule has 2 atom stereocenters. The molecule has 1 aromatic heterocycles. The van der Waals surface area contributed by atoms with Crippen LogP contribution in [0.1, 0.15) is 19.8 Å². The van der Waals surface area contributed by atoms with Crippen molar-refractivity contribution in [3.63, 3.8) is 0 Å². The standard InChI is InChI=1S/C14H22N4O2/c1-10-2-3-11(14(16)20)8-17(10)6-7-18-9-12(15)4-5-13(18)19/h4-5,9-11H,2-3,6-8,15H2,1H3,(H2,16,20). The molecule has 1 aliphatic rings. The van der Waals surface area contributed by atoms with E-state index in [4.69, 9.17) is 11.5 Å². The highest BCUT2D eigenvalue weighted by atomic mass is 16.1. The number of hydrogen-bond acceptors (Lipinski definition) is 4. The van der Waals surface area contributed by atoms with E-state index in [0.717, 1.165) is 12.8 Å². The van der Waals surface area contributed by atoms with Gasteiger partial charge in [0.2, 0.25) is 5.91 Å². The third-order valence-corrected chi connectivity index (χ3v) is 4.05. The van der Waals surface area contributed by atoms with E-state index in [0.29, 0.717) is 31.4 Å². The molecule has 1 fully saturated rings. The van der Waals surface area contributed by atoms with Crippen LogP contribution < -0.4 is 17.0 Å². The molecule has 0 bridgehead atoms. The highest BCUT2D eigenvalue weighted by Gasteiger charge is 2.28. The van der Waals surface area contributed by atoms with Gasteiger partial charge in [0.25, 0.3) is 5.56 Å². The first-order valence-corrected chi connectivity index (χ1v) is 6.96. The monoisotopic (exact) mass is 278 g/mol. The van der Waals surface area contributed by atoms with Crippen LogP contribution in [0.4, 0.5) is 5.69 Å². The van der Waals surface area contributed by atoms with Gasteiger partial charge in [0, 0.05) is 43.6 Å². The highest BCUT2D eigenvalue weighted by Crippen LogP contribution is 2.21. The number of likely N-dealkylation sites (tertiary alicyclic amines) is 1. The van der Waals surface area contributed by atoms with Crippen molar-refractivity contribution >= 4 is 11.6 Å². The van der Waals surface area contributed by atoms with E-state index in [1.54, 1.807) is 16.8 Å². The molecule has 1 aromatic rings. The van der Waals surface area contributed by atoms with Crippen molar-refractivity contribution in [1.29, 1.82) is 0 Å². The largest absolute Gasteiger partial charge is 0.398 e. The molecule has 0 aromatic carbocycles. The lowest BCUT2D eigenvalue weighted by Gasteiger charge is -2.36. The lowest BCUT2D eigenvalue weighted by molar-refractivity contribution is -0.124. The molecule has 0 saturated carbocycles. The summed E-state index contributed by atoms with van der Waals surface area (Å²) in [7, 11) is 0. The first-order valence-electron chi connectivity index (χ1n) is 6.96. The summed E-state index contributed by atoms with van der Waals surface area (Å²) in [6.45, 7) is 4.10. The smallest absolute Gasteiger partial charge is 0.250 e. The normalized spacial score (nSPS) is 23.6. The van der Waals surface area contributed by atoms with Gasteiger partial charge in [-0.25, -0.2) is 0 Å². The van der Waals surface area contributed by atoms with Crippen molar-refractivity contribution in [2.24, 2.45) is 11.7 Å². The summed E-state index contributed by atoms with van der Waals surface area (Å²) in [6, 6.07) is 3.48. The minimum Gasteiger partial charge on any atom is -0.398 e. The Labute approximate surface area is 118 Å². The van der Waals surface area contributed by atoms with Crippen molar-refractivity contribution in [3.8, 4) is 0 Å². The number of nitrogens with zero attached hydrogens (tertiary/aromatic N) is 2. The average molecular weight is 278 g/mol. The molecule has 2 unspecified atom stereocenters. The maximum Gasteiger partial charge on any atom is 0.250 e. The zero-order chi connectivity index (χ0) is 14.7. The number of hydrogen-bond donors (Lipinski definition) is 2. The molecule has 0 radical (unpaired) electrons. The zero-order valence-electron chi connectivity index (χ0n) is 11.8. The predicted molar refractivity (Wildman–Crippen MR) is 78.1 cm³/mol. The van der Waals surface area contributed by atoms with Crippen LogP contribution in [0.3, 0.4) is 0 Å². The maximum atomic E-state index is 11.7. The average Bonchev–Trinajstić information content (AvgIpc) is 2.41. The number of aromatic nitrogens is 1. The Balaban J connectivity index is 2.00. The molecule has 2 heterocycles. The SMILES string of the molecule is CC1CCC(C(N)=O)CN1CCn1cc(N)ccc1=O. The summed E-state index contributed by atoms with van der Waals surface area (Å²) in [5, 5.41) is 0. The number of pyridine rings is 1. The quantitative estimate of drug-likeness (QED) is 0.811. The van der Waals surface area contributed by atoms with Crippen molar-refractivity contribution < 1.29 is 4.79 Å². The van der Waals surface area contributed by atoms with Crippen molar-refractivity contribution in [3.05, 3.63) is 28.7 Å². The summed E-state index contributed by atoms with van der Waals surface area (Å²) in [5.74, 6) is -0.313. The number of anilines is 1. The molecule has 6 nitrogen and oxygen atoms in total. The van der Waals surface area contributed by atoms with E-state index in [1.807, 2.05) is 0 Å². The van der Waals surface area contributed by atoms with Crippen LogP contribution in [0.25, 0.3) is 0 Å². The summed E-state index contributed by atoms with van der Waals surface area (Å²) in [4.78, 5) is 25.2. The Morgan fingerprint density at radius 2 is 2.10 bits per heavy atom. The second kappa shape index (κ2) is 6.09. The number of primary amides is 1. The van der Waals surface area contributed by atoms with Crippen LogP contribution in [-0.4, -0.2) is 34.5 Å².